The van der Waals surface area contributed by atoms with Gasteiger partial charge < -0.3 is 10.4 Å². The van der Waals surface area contributed by atoms with Crippen molar-refractivity contribution < 1.29 is 27.9 Å². The summed E-state index contributed by atoms with van der Waals surface area (Å²) >= 11 is -0.278. The van der Waals surface area contributed by atoms with Crippen molar-refractivity contribution in [2.24, 2.45) is 0 Å². The third-order valence-electron chi connectivity index (χ3n) is 2.53. The lowest BCUT2D eigenvalue weighted by atomic mass is 10.1. The Kier molecular flexibility index (Phi) is 6.07. The number of carboxylic acid groups (broad SMARTS) is 1. The van der Waals surface area contributed by atoms with Crippen LogP contribution in [0.1, 0.15) is 30.1 Å². The molecule has 0 aromatic heterocycles. The van der Waals surface area contributed by atoms with Crippen molar-refractivity contribution in [2.45, 2.75) is 36.2 Å². The van der Waals surface area contributed by atoms with Crippen LogP contribution in [0.2, 0.25) is 0 Å². The van der Waals surface area contributed by atoms with Crippen molar-refractivity contribution in [3.8, 4) is 0 Å². The van der Waals surface area contributed by atoms with Gasteiger partial charge in [0.1, 0.15) is 6.04 Å². The summed E-state index contributed by atoms with van der Waals surface area (Å²) < 4.78 is 36.5. The van der Waals surface area contributed by atoms with Gasteiger partial charge in [-0.25, -0.2) is 4.79 Å². The highest BCUT2D eigenvalue weighted by molar-refractivity contribution is 8.00. The number of rotatable bonds is 6. The van der Waals surface area contributed by atoms with Gasteiger partial charge in [0.25, 0.3) is 5.91 Å². The Morgan fingerprint density at radius 2 is 1.86 bits per heavy atom. The van der Waals surface area contributed by atoms with Crippen LogP contribution >= 0.6 is 11.8 Å². The quantitative estimate of drug-likeness (QED) is 0.789. The van der Waals surface area contributed by atoms with E-state index in [1.54, 1.807) is 6.92 Å². The number of aliphatic carboxylic acids is 1. The summed E-state index contributed by atoms with van der Waals surface area (Å²) in [5, 5.41) is 11.3. The number of hydrogen-bond acceptors (Lipinski definition) is 3. The molecule has 0 aliphatic carbocycles. The fourth-order valence-electron chi connectivity index (χ4n) is 1.60. The molecule has 2 N–H and O–H groups in total. The van der Waals surface area contributed by atoms with E-state index >= 15 is 0 Å². The summed E-state index contributed by atoms with van der Waals surface area (Å²) in [4.78, 5) is 22.7. The third-order valence-corrected chi connectivity index (χ3v) is 3.27. The summed E-state index contributed by atoms with van der Waals surface area (Å²) in [6, 6.07) is 3.79. The monoisotopic (exact) mass is 321 g/mol. The van der Waals surface area contributed by atoms with Crippen molar-refractivity contribution in [3.05, 3.63) is 29.8 Å². The van der Waals surface area contributed by atoms with Crippen LogP contribution in [0.4, 0.5) is 13.2 Å². The van der Waals surface area contributed by atoms with Crippen LogP contribution < -0.4 is 5.32 Å². The van der Waals surface area contributed by atoms with Crippen molar-refractivity contribution in [1.82, 2.24) is 5.32 Å². The van der Waals surface area contributed by atoms with Gasteiger partial charge in [-0.05, 0) is 42.4 Å². The summed E-state index contributed by atoms with van der Waals surface area (Å²) in [7, 11) is 0. The maximum atomic E-state index is 12.2. The Labute approximate surface area is 123 Å². The molecule has 8 heteroatoms. The molecule has 0 aliphatic heterocycles. The zero-order valence-corrected chi connectivity index (χ0v) is 11.9. The summed E-state index contributed by atoms with van der Waals surface area (Å²) in [6.07, 6.45) is 0.863. The highest BCUT2D eigenvalue weighted by Crippen LogP contribution is 2.36. The number of thioether (sulfide) groups is 1. The molecule has 0 fully saturated rings. The predicted octanol–water partition coefficient (Wildman–Crippen LogP) is 3.28. The molecule has 1 amide bonds. The Morgan fingerprint density at radius 1 is 1.29 bits per heavy atom. The van der Waals surface area contributed by atoms with Gasteiger partial charge >= 0.3 is 11.5 Å². The Bertz CT molecular complexity index is 502. The molecule has 0 radical (unpaired) electrons. The smallest absolute Gasteiger partial charge is 0.446 e. The summed E-state index contributed by atoms with van der Waals surface area (Å²) in [6.45, 7) is 1.78. The molecule has 0 saturated carbocycles. The minimum atomic E-state index is -4.39. The summed E-state index contributed by atoms with van der Waals surface area (Å²) in [5.41, 5.74) is -4.27. The standard InChI is InChI=1S/C13H14F3NO3S/c1-2-3-10(12(19)20)17-11(18)8-4-6-9(7-5-8)21-13(14,15)16/h4-7,10H,2-3H2,1H3,(H,17,18)(H,19,20). The minimum Gasteiger partial charge on any atom is -0.480 e. The number of amides is 1. The van der Waals surface area contributed by atoms with E-state index < -0.39 is 23.4 Å². The molecule has 1 aromatic rings. The third kappa shape index (κ3) is 6.07. The van der Waals surface area contributed by atoms with Gasteiger partial charge in [0.2, 0.25) is 0 Å². The molecule has 0 bridgehead atoms. The summed E-state index contributed by atoms with van der Waals surface area (Å²) in [5.74, 6) is -1.77. The van der Waals surface area contributed by atoms with E-state index in [1.165, 1.54) is 24.3 Å². The number of carboxylic acids is 1. The van der Waals surface area contributed by atoms with Crippen LogP contribution in [-0.4, -0.2) is 28.5 Å². The number of carbonyl (C=O) groups excluding carboxylic acids is 1. The predicted molar refractivity (Wildman–Crippen MR) is 72.2 cm³/mol. The number of benzene rings is 1. The molecule has 116 valence electrons. The van der Waals surface area contributed by atoms with Gasteiger partial charge in [0.15, 0.2) is 0 Å². The Balaban J connectivity index is 2.72. The molecule has 1 rings (SSSR count). The topological polar surface area (TPSA) is 66.4 Å². The zero-order chi connectivity index (χ0) is 16.0. The molecule has 1 unspecified atom stereocenters. The van der Waals surface area contributed by atoms with Gasteiger partial charge in [0, 0.05) is 10.5 Å². The van der Waals surface area contributed by atoms with Crippen LogP contribution in [0.3, 0.4) is 0 Å². The number of alkyl halides is 3. The van der Waals surface area contributed by atoms with Crippen molar-refractivity contribution in [1.29, 1.82) is 0 Å². The van der Waals surface area contributed by atoms with Crippen LogP contribution in [0.15, 0.2) is 29.2 Å². The molecule has 0 spiro atoms. The Morgan fingerprint density at radius 3 is 2.29 bits per heavy atom. The number of hydrogen-bond donors (Lipinski definition) is 2. The average molecular weight is 321 g/mol. The first-order chi connectivity index (χ1) is 9.73. The fraction of sp³-hybridized carbons (Fsp3) is 0.385. The molecule has 1 aromatic carbocycles. The van der Waals surface area contributed by atoms with E-state index in [-0.39, 0.29) is 28.6 Å². The second-order valence-electron chi connectivity index (χ2n) is 4.23. The SMILES string of the molecule is CCCC(NC(=O)c1ccc(SC(F)(F)F)cc1)C(=O)O. The van der Waals surface area contributed by atoms with Gasteiger partial charge in [-0.2, -0.15) is 13.2 Å². The number of carbonyl (C=O) groups is 2. The zero-order valence-electron chi connectivity index (χ0n) is 11.1. The molecule has 0 aliphatic rings. The highest BCUT2D eigenvalue weighted by atomic mass is 32.2. The van der Waals surface area contributed by atoms with E-state index in [2.05, 4.69) is 5.32 Å². The van der Waals surface area contributed by atoms with Gasteiger partial charge in [-0.3, -0.25) is 4.79 Å². The van der Waals surface area contributed by atoms with E-state index in [0.29, 0.717) is 6.42 Å². The normalized spacial score (nSPS) is 12.8. The first kappa shape index (κ1) is 17.4. The van der Waals surface area contributed by atoms with E-state index in [0.717, 1.165) is 0 Å². The highest BCUT2D eigenvalue weighted by Gasteiger charge is 2.29. The minimum absolute atomic E-state index is 0.0395. The maximum absolute atomic E-state index is 12.2. The van der Waals surface area contributed by atoms with Crippen LogP contribution in [0.25, 0.3) is 0 Å². The fourth-order valence-corrected chi connectivity index (χ4v) is 2.14. The largest absolute Gasteiger partial charge is 0.480 e. The first-order valence-electron chi connectivity index (χ1n) is 6.12. The number of halogens is 3. The lowest BCUT2D eigenvalue weighted by Crippen LogP contribution is -2.40. The van der Waals surface area contributed by atoms with Gasteiger partial charge in [-0.1, -0.05) is 13.3 Å². The Hall–Kier alpha value is -1.70. The second-order valence-corrected chi connectivity index (χ2v) is 5.36. The van der Waals surface area contributed by atoms with Crippen molar-refractivity contribution in [3.63, 3.8) is 0 Å². The van der Waals surface area contributed by atoms with Crippen molar-refractivity contribution >= 4 is 23.6 Å². The average Bonchev–Trinajstić information content (AvgIpc) is 2.36. The van der Waals surface area contributed by atoms with E-state index in [1.807, 2.05) is 0 Å². The number of nitrogens with one attached hydrogen (secondary N) is 1. The lowest BCUT2D eigenvalue weighted by Gasteiger charge is -2.13. The van der Waals surface area contributed by atoms with E-state index in [4.69, 9.17) is 5.11 Å². The molecular formula is C13H14F3NO3S. The van der Waals surface area contributed by atoms with Gasteiger partial charge in [0.05, 0.1) is 0 Å². The van der Waals surface area contributed by atoms with Crippen LogP contribution in [0, 0.1) is 0 Å². The second kappa shape index (κ2) is 7.35. The molecule has 4 nitrogen and oxygen atoms in total. The molecule has 21 heavy (non-hydrogen) atoms. The van der Waals surface area contributed by atoms with Crippen LogP contribution in [0.5, 0.6) is 0 Å². The first-order valence-corrected chi connectivity index (χ1v) is 6.94. The molecule has 0 saturated heterocycles. The molecule has 0 heterocycles. The maximum Gasteiger partial charge on any atom is 0.446 e. The van der Waals surface area contributed by atoms with Gasteiger partial charge in [-0.15, -0.1) is 0 Å². The molecule has 1 atom stereocenters. The van der Waals surface area contributed by atoms with Crippen molar-refractivity contribution in [2.75, 3.05) is 0 Å². The van der Waals surface area contributed by atoms with E-state index in [9.17, 15) is 22.8 Å². The molecular weight excluding hydrogens is 307 g/mol. The lowest BCUT2D eigenvalue weighted by molar-refractivity contribution is -0.139. The van der Waals surface area contributed by atoms with Crippen LogP contribution in [-0.2, 0) is 4.79 Å².